The molecule has 0 radical (unpaired) electrons. The highest BCUT2D eigenvalue weighted by Gasteiger charge is 2.35. The second-order valence-electron chi connectivity index (χ2n) is 3.89. The summed E-state index contributed by atoms with van der Waals surface area (Å²) in [6, 6.07) is 0. The van der Waals surface area contributed by atoms with Crippen molar-refractivity contribution >= 4 is 52.6 Å². The van der Waals surface area contributed by atoms with Crippen LogP contribution in [0.4, 0.5) is 0 Å². The van der Waals surface area contributed by atoms with Crippen LogP contribution < -0.4 is 10.6 Å². The molecule has 1 rings (SSSR count). The number of nitrogens with one attached hydrogen (secondary N) is 2. The zero-order chi connectivity index (χ0) is 15.3. The Hall–Kier alpha value is -0.980. The van der Waals surface area contributed by atoms with E-state index in [0.29, 0.717) is 18.7 Å². The van der Waals surface area contributed by atoms with Gasteiger partial charge in [0.15, 0.2) is 0 Å². The van der Waals surface area contributed by atoms with Crippen LogP contribution in [0, 0.1) is 0 Å². The van der Waals surface area contributed by atoms with Crippen LogP contribution in [0.2, 0.25) is 0 Å². The van der Waals surface area contributed by atoms with E-state index in [9.17, 15) is 14.4 Å². The maximum absolute atomic E-state index is 12.0. The summed E-state index contributed by atoms with van der Waals surface area (Å²) in [6.07, 6.45) is 1.27. The zero-order valence-corrected chi connectivity index (χ0v) is 12.9. The van der Waals surface area contributed by atoms with Crippen LogP contribution in [0.3, 0.4) is 0 Å². The largest absolute Gasteiger partial charge is 0.462 e. The van der Waals surface area contributed by atoms with Gasteiger partial charge in [0, 0.05) is 12.2 Å². The third-order valence-corrected chi connectivity index (χ3v) is 2.95. The molecule has 1 saturated heterocycles. The molecule has 0 aromatic rings. The molecular weight excluding hydrogens is 330 g/mol. The second kappa shape index (κ2) is 7.15. The number of alkyl halides is 3. The Morgan fingerprint density at radius 2 is 2.00 bits per heavy atom. The predicted octanol–water partition coefficient (Wildman–Crippen LogP) is 1.20. The molecule has 112 valence electrons. The maximum Gasteiger partial charge on any atom is 0.345 e. The van der Waals surface area contributed by atoms with Gasteiger partial charge in [-0.25, -0.2) is 4.79 Å². The first kappa shape index (κ1) is 17.1. The number of allylic oxidation sites excluding steroid dienone is 1. The first-order valence-electron chi connectivity index (χ1n) is 5.84. The van der Waals surface area contributed by atoms with E-state index < -0.39 is 21.6 Å². The molecule has 0 aromatic heterocycles. The minimum atomic E-state index is -2.29. The van der Waals surface area contributed by atoms with E-state index in [1.54, 1.807) is 6.92 Å². The van der Waals surface area contributed by atoms with Crippen LogP contribution in [-0.4, -0.2) is 34.7 Å². The molecule has 1 fully saturated rings. The van der Waals surface area contributed by atoms with Crippen molar-refractivity contribution in [2.24, 2.45) is 0 Å². The SMILES string of the molecule is CCOC(=O)/C(C(=O)NC(=O)C(Cl)(Cl)Cl)=C1\CCCN1. The van der Waals surface area contributed by atoms with Crippen LogP contribution in [0.15, 0.2) is 11.3 Å². The molecule has 2 N–H and O–H groups in total. The second-order valence-corrected chi connectivity index (χ2v) is 6.17. The number of imide groups is 1. The Labute approximate surface area is 130 Å². The Balaban J connectivity index is 2.95. The average Bonchev–Trinajstić information content (AvgIpc) is 2.81. The lowest BCUT2D eigenvalue weighted by Gasteiger charge is -2.13. The van der Waals surface area contributed by atoms with Gasteiger partial charge in [-0.05, 0) is 19.8 Å². The van der Waals surface area contributed by atoms with Crippen molar-refractivity contribution in [3.63, 3.8) is 0 Å². The van der Waals surface area contributed by atoms with E-state index in [4.69, 9.17) is 39.5 Å². The van der Waals surface area contributed by atoms with Gasteiger partial charge in [0.1, 0.15) is 5.57 Å². The highest BCUT2D eigenvalue weighted by molar-refractivity contribution is 6.76. The summed E-state index contributed by atoms with van der Waals surface area (Å²) in [5, 5.41) is 4.76. The van der Waals surface area contributed by atoms with Crippen LogP contribution in [-0.2, 0) is 19.1 Å². The Morgan fingerprint density at radius 3 is 2.45 bits per heavy atom. The van der Waals surface area contributed by atoms with Gasteiger partial charge >= 0.3 is 5.97 Å². The van der Waals surface area contributed by atoms with Crippen molar-refractivity contribution in [1.82, 2.24) is 10.6 Å². The summed E-state index contributed by atoms with van der Waals surface area (Å²) in [5.41, 5.74) is 0.144. The third-order valence-electron chi connectivity index (χ3n) is 2.43. The number of hydrogen-bond donors (Lipinski definition) is 2. The van der Waals surface area contributed by atoms with E-state index in [1.165, 1.54) is 0 Å². The van der Waals surface area contributed by atoms with Crippen molar-refractivity contribution in [2.75, 3.05) is 13.2 Å². The molecule has 0 spiro atoms. The number of carbonyl (C=O) groups is 3. The van der Waals surface area contributed by atoms with Crippen molar-refractivity contribution in [3.8, 4) is 0 Å². The van der Waals surface area contributed by atoms with Crippen LogP contribution in [0.25, 0.3) is 0 Å². The van der Waals surface area contributed by atoms with Crippen LogP contribution >= 0.6 is 34.8 Å². The predicted molar refractivity (Wildman–Crippen MR) is 74.3 cm³/mol. The van der Waals surface area contributed by atoms with Crippen LogP contribution in [0.1, 0.15) is 19.8 Å². The fraction of sp³-hybridized carbons (Fsp3) is 0.545. The van der Waals surface area contributed by atoms with Crippen LogP contribution in [0.5, 0.6) is 0 Å². The van der Waals surface area contributed by atoms with Gasteiger partial charge in [-0.2, -0.15) is 0 Å². The van der Waals surface area contributed by atoms with E-state index in [2.05, 4.69) is 5.32 Å². The molecule has 0 saturated carbocycles. The molecule has 1 heterocycles. The Morgan fingerprint density at radius 1 is 1.35 bits per heavy atom. The fourth-order valence-electron chi connectivity index (χ4n) is 1.60. The molecule has 0 bridgehead atoms. The molecule has 1 aliphatic heterocycles. The molecule has 20 heavy (non-hydrogen) atoms. The van der Waals surface area contributed by atoms with E-state index in [1.807, 2.05) is 5.32 Å². The lowest BCUT2D eigenvalue weighted by molar-refractivity contribution is -0.140. The van der Waals surface area contributed by atoms with Gasteiger partial charge in [-0.15, -0.1) is 0 Å². The normalized spacial score (nSPS) is 17.2. The van der Waals surface area contributed by atoms with E-state index >= 15 is 0 Å². The lowest BCUT2D eigenvalue weighted by Crippen LogP contribution is -2.41. The average molecular weight is 344 g/mol. The summed E-state index contributed by atoms with van der Waals surface area (Å²) in [6.45, 7) is 2.33. The summed E-state index contributed by atoms with van der Waals surface area (Å²) in [5.74, 6) is -2.91. The fourth-order valence-corrected chi connectivity index (χ4v) is 1.74. The highest BCUT2D eigenvalue weighted by Crippen LogP contribution is 2.26. The molecule has 2 amide bonds. The molecule has 0 unspecified atom stereocenters. The van der Waals surface area contributed by atoms with Crippen molar-refractivity contribution in [2.45, 2.75) is 23.6 Å². The first-order valence-corrected chi connectivity index (χ1v) is 6.97. The summed E-state index contributed by atoms with van der Waals surface area (Å²) in [7, 11) is 0. The Kier molecular flexibility index (Phi) is 6.10. The minimum Gasteiger partial charge on any atom is -0.462 e. The molecule has 1 aliphatic rings. The summed E-state index contributed by atoms with van der Waals surface area (Å²) >= 11 is 16.1. The molecule has 6 nitrogen and oxygen atoms in total. The number of amides is 2. The third kappa shape index (κ3) is 4.54. The number of rotatable bonds is 3. The van der Waals surface area contributed by atoms with Gasteiger partial charge in [-0.3, -0.25) is 14.9 Å². The number of carbonyl (C=O) groups excluding carboxylic acids is 3. The van der Waals surface area contributed by atoms with Gasteiger partial charge in [-0.1, -0.05) is 34.8 Å². The molecule has 9 heteroatoms. The number of hydrogen-bond acceptors (Lipinski definition) is 5. The van der Waals surface area contributed by atoms with Crippen molar-refractivity contribution < 1.29 is 19.1 Å². The Bertz CT molecular complexity index is 449. The maximum atomic E-state index is 12.0. The van der Waals surface area contributed by atoms with Gasteiger partial charge in [0.25, 0.3) is 15.6 Å². The minimum absolute atomic E-state index is 0.0985. The highest BCUT2D eigenvalue weighted by atomic mass is 35.6. The number of ether oxygens (including phenoxy) is 1. The molecule has 0 atom stereocenters. The molecular formula is C11H13Cl3N2O4. The summed E-state index contributed by atoms with van der Waals surface area (Å²) in [4.78, 5) is 35.3. The van der Waals surface area contributed by atoms with Crippen molar-refractivity contribution in [3.05, 3.63) is 11.3 Å². The smallest absolute Gasteiger partial charge is 0.345 e. The zero-order valence-electron chi connectivity index (χ0n) is 10.6. The number of halogens is 3. The summed E-state index contributed by atoms with van der Waals surface area (Å²) < 4.78 is 2.51. The van der Waals surface area contributed by atoms with Gasteiger partial charge < -0.3 is 10.1 Å². The molecule has 0 aliphatic carbocycles. The van der Waals surface area contributed by atoms with E-state index in [-0.39, 0.29) is 12.2 Å². The number of esters is 1. The van der Waals surface area contributed by atoms with Gasteiger partial charge in [0.05, 0.1) is 6.61 Å². The van der Waals surface area contributed by atoms with Crippen molar-refractivity contribution in [1.29, 1.82) is 0 Å². The molecule has 0 aromatic carbocycles. The van der Waals surface area contributed by atoms with Gasteiger partial charge in [0.2, 0.25) is 0 Å². The quantitative estimate of drug-likeness (QED) is 0.264. The first-order chi connectivity index (χ1) is 9.27. The van der Waals surface area contributed by atoms with E-state index in [0.717, 1.165) is 6.42 Å². The monoisotopic (exact) mass is 342 g/mol. The standard InChI is InChI=1S/C11H13Cl3N2O4/c1-2-20-9(18)7(6-4-3-5-15-6)8(17)16-10(19)11(12,13)14/h15H,2-5H2,1H3,(H,16,17,19)/b7-6+. The lowest BCUT2D eigenvalue weighted by atomic mass is 10.1. The topological polar surface area (TPSA) is 84.5 Å².